The smallest absolute Gasteiger partial charge is 0.191 e. The van der Waals surface area contributed by atoms with E-state index in [1.165, 1.54) is 13.2 Å². The summed E-state index contributed by atoms with van der Waals surface area (Å²) in [4.78, 5) is 6.52. The Bertz CT molecular complexity index is 884. The van der Waals surface area contributed by atoms with Crippen LogP contribution in [0.3, 0.4) is 0 Å². The van der Waals surface area contributed by atoms with E-state index >= 15 is 0 Å². The summed E-state index contributed by atoms with van der Waals surface area (Å²) in [6.07, 6.45) is 0.952. The van der Waals surface area contributed by atoms with Crippen LogP contribution in [0.5, 0.6) is 11.5 Å². The SMILES string of the molecule is CN=C(NCc1ccc(OC)c(F)c1)NC1CCN(c2cc(Cl)ccc2OC)C1.I. The maximum atomic E-state index is 13.9. The van der Waals surface area contributed by atoms with Gasteiger partial charge in [0.15, 0.2) is 17.5 Å². The molecule has 0 aromatic heterocycles. The summed E-state index contributed by atoms with van der Waals surface area (Å²) in [5.74, 6) is 1.33. The number of anilines is 1. The van der Waals surface area contributed by atoms with Gasteiger partial charge in [0.25, 0.3) is 0 Å². The molecule has 1 unspecified atom stereocenters. The standard InChI is InChI=1S/C21H26ClFN4O2.HI/c1-24-21(25-12-14-4-6-19(28-2)17(23)10-14)26-16-8-9-27(13-16)18-11-15(22)5-7-20(18)29-3;/h4-7,10-11,16H,8-9,12-13H2,1-3H3,(H2,24,25,26);1H. The molecule has 2 aromatic rings. The van der Waals surface area contributed by atoms with Crippen molar-refractivity contribution in [3.8, 4) is 11.5 Å². The lowest BCUT2D eigenvalue weighted by molar-refractivity contribution is 0.386. The van der Waals surface area contributed by atoms with Crippen LogP contribution in [-0.2, 0) is 6.54 Å². The van der Waals surface area contributed by atoms with Crippen LogP contribution in [0.25, 0.3) is 0 Å². The van der Waals surface area contributed by atoms with E-state index < -0.39 is 0 Å². The van der Waals surface area contributed by atoms with E-state index in [1.807, 2.05) is 24.3 Å². The number of hydrogen-bond donors (Lipinski definition) is 2. The third-order valence-electron chi connectivity index (χ3n) is 4.91. The Kier molecular flexibility index (Phi) is 9.29. The summed E-state index contributed by atoms with van der Waals surface area (Å²) >= 11 is 6.16. The summed E-state index contributed by atoms with van der Waals surface area (Å²) in [5.41, 5.74) is 1.80. The van der Waals surface area contributed by atoms with Crippen molar-refractivity contribution in [1.29, 1.82) is 0 Å². The number of ether oxygens (including phenoxy) is 2. The summed E-state index contributed by atoms with van der Waals surface area (Å²) in [6.45, 7) is 2.14. The quantitative estimate of drug-likeness (QED) is 0.324. The van der Waals surface area contributed by atoms with Gasteiger partial charge in [-0.2, -0.15) is 0 Å². The van der Waals surface area contributed by atoms with Gasteiger partial charge >= 0.3 is 0 Å². The number of halogens is 3. The largest absolute Gasteiger partial charge is 0.495 e. The highest BCUT2D eigenvalue weighted by atomic mass is 127. The molecule has 9 heteroatoms. The van der Waals surface area contributed by atoms with Crippen LogP contribution in [0.15, 0.2) is 41.4 Å². The van der Waals surface area contributed by atoms with E-state index in [-0.39, 0.29) is 41.6 Å². The minimum atomic E-state index is -0.378. The third-order valence-corrected chi connectivity index (χ3v) is 5.15. The van der Waals surface area contributed by atoms with Gasteiger partial charge in [0.2, 0.25) is 0 Å². The molecule has 0 aliphatic carbocycles. The Morgan fingerprint density at radius 2 is 1.93 bits per heavy atom. The fourth-order valence-corrected chi connectivity index (χ4v) is 3.57. The Morgan fingerprint density at radius 1 is 1.20 bits per heavy atom. The first-order chi connectivity index (χ1) is 14.0. The van der Waals surface area contributed by atoms with Crippen molar-refractivity contribution in [1.82, 2.24) is 10.6 Å². The predicted molar refractivity (Wildman–Crippen MR) is 130 cm³/mol. The number of nitrogens with zero attached hydrogens (tertiary/aromatic N) is 2. The molecular formula is C21H27ClFIN4O2. The van der Waals surface area contributed by atoms with Crippen LogP contribution in [0.1, 0.15) is 12.0 Å². The average Bonchev–Trinajstić information content (AvgIpc) is 3.19. The number of methoxy groups -OCH3 is 2. The molecule has 164 valence electrons. The maximum Gasteiger partial charge on any atom is 0.191 e. The van der Waals surface area contributed by atoms with Crippen molar-refractivity contribution in [2.75, 3.05) is 39.3 Å². The molecule has 2 N–H and O–H groups in total. The fraction of sp³-hybridized carbons (Fsp3) is 0.381. The second-order valence-electron chi connectivity index (χ2n) is 6.79. The first-order valence-electron chi connectivity index (χ1n) is 9.42. The Hall–Kier alpha value is -1.94. The van der Waals surface area contributed by atoms with Gasteiger partial charge in [0.1, 0.15) is 5.75 Å². The molecule has 0 spiro atoms. The predicted octanol–water partition coefficient (Wildman–Crippen LogP) is 4.06. The molecule has 0 saturated carbocycles. The number of benzene rings is 2. The zero-order chi connectivity index (χ0) is 20.8. The number of aliphatic imine (C=N–C) groups is 1. The van der Waals surface area contributed by atoms with Crippen LogP contribution in [-0.4, -0.2) is 46.4 Å². The van der Waals surface area contributed by atoms with Crippen molar-refractivity contribution in [3.05, 3.63) is 52.8 Å². The molecule has 1 saturated heterocycles. The van der Waals surface area contributed by atoms with Crippen LogP contribution >= 0.6 is 35.6 Å². The molecule has 0 bridgehead atoms. The van der Waals surface area contributed by atoms with Gasteiger partial charge in [-0.25, -0.2) is 4.39 Å². The van der Waals surface area contributed by atoms with Crippen LogP contribution in [0, 0.1) is 5.82 Å². The molecule has 3 rings (SSSR count). The first kappa shape index (κ1) is 24.3. The van der Waals surface area contributed by atoms with Gasteiger partial charge in [0, 0.05) is 37.7 Å². The maximum absolute atomic E-state index is 13.9. The molecule has 0 amide bonds. The molecule has 6 nitrogen and oxygen atoms in total. The monoisotopic (exact) mass is 548 g/mol. The van der Waals surface area contributed by atoms with Crippen LogP contribution in [0.2, 0.25) is 5.02 Å². The zero-order valence-corrected chi connectivity index (χ0v) is 20.3. The molecule has 30 heavy (non-hydrogen) atoms. The Morgan fingerprint density at radius 3 is 2.60 bits per heavy atom. The number of nitrogens with one attached hydrogen (secondary N) is 2. The van der Waals surface area contributed by atoms with E-state index in [2.05, 4.69) is 20.5 Å². The van der Waals surface area contributed by atoms with E-state index in [1.54, 1.807) is 20.2 Å². The number of rotatable bonds is 6. The molecular weight excluding hydrogens is 522 g/mol. The number of hydrogen-bond acceptors (Lipinski definition) is 4. The van der Waals surface area contributed by atoms with E-state index in [9.17, 15) is 4.39 Å². The molecule has 2 aromatic carbocycles. The van der Waals surface area contributed by atoms with Crippen molar-refractivity contribution in [2.24, 2.45) is 4.99 Å². The topological polar surface area (TPSA) is 58.1 Å². The molecule has 0 radical (unpaired) electrons. The van der Waals surface area contributed by atoms with E-state index in [0.717, 1.165) is 36.5 Å². The fourth-order valence-electron chi connectivity index (χ4n) is 3.40. The normalized spacial score (nSPS) is 16.1. The minimum absolute atomic E-state index is 0. The third kappa shape index (κ3) is 6.04. The Balaban J connectivity index is 0.00000320. The van der Waals surface area contributed by atoms with Crippen molar-refractivity contribution in [2.45, 2.75) is 19.0 Å². The lowest BCUT2D eigenvalue weighted by atomic mass is 10.2. The van der Waals surface area contributed by atoms with Crippen molar-refractivity contribution in [3.63, 3.8) is 0 Å². The van der Waals surface area contributed by atoms with Gasteiger partial charge < -0.3 is 25.0 Å². The van der Waals surface area contributed by atoms with E-state index in [4.69, 9.17) is 21.1 Å². The molecule has 1 atom stereocenters. The van der Waals surface area contributed by atoms with Crippen molar-refractivity contribution < 1.29 is 13.9 Å². The average molecular weight is 549 g/mol. The summed E-state index contributed by atoms with van der Waals surface area (Å²) < 4.78 is 24.3. The van der Waals surface area contributed by atoms with Crippen molar-refractivity contribution >= 4 is 47.2 Å². The summed E-state index contributed by atoms with van der Waals surface area (Å²) in [7, 11) is 4.83. The molecule has 1 aliphatic heterocycles. The first-order valence-corrected chi connectivity index (χ1v) is 9.80. The van der Waals surface area contributed by atoms with Gasteiger partial charge in [-0.1, -0.05) is 17.7 Å². The van der Waals surface area contributed by atoms with Gasteiger partial charge in [-0.3, -0.25) is 4.99 Å². The van der Waals surface area contributed by atoms with Crippen LogP contribution < -0.4 is 25.0 Å². The highest BCUT2D eigenvalue weighted by Crippen LogP contribution is 2.33. The van der Waals surface area contributed by atoms with Gasteiger partial charge in [-0.15, -0.1) is 24.0 Å². The lowest BCUT2D eigenvalue weighted by Crippen LogP contribution is -2.44. The molecule has 1 fully saturated rings. The van der Waals surface area contributed by atoms with Crippen LogP contribution in [0.4, 0.5) is 10.1 Å². The zero-order valence-electron chi connectivity index (χ0n) is 17.2. The minimum Gasteiger partial charge on any atom is -0.495 e. The van der Waals surface area contributed by atoms with Gasteiger partial charge in [0.05, 0.1) is 19.9 Å². The second-order valence-corrected chi connectivity index (χ2v) is 7.22. The van der Waals surface area contributed by atoms with E-state index in [0.29, 0.717) is 17.5 Å². The highest BCUT2D eigenvalue weighted by Gasteiger charge is 2.25. The summed E-state index contributed by atoms with van der Waals surface area (Å²) in [6, 6.07) is 10.8. The Labute approximate surface area is 198 Å². The van der Waals surface area contributed by atoms with Gasteiger partial charge in [-0.05, 0) is 42.3 Å². The lowest BCUT2D eigenvalue weighted by Gasteiger charge is -2.22. The molecule has 1 aliphatic rings. The highest BCUT2D eigenvalue weighted by molar-refractivity contribution is 14.0. The second kappa shape index (κ2) is 11.5. The summed E-state index contributed by atoms with van der Waals surface area (Å²) in [5, 5.41) is 7.34. The number of guanidine groups is 1. The molecule has 1 heterocycles.